The van der Waals surface area contributed by atoms with Crippen molar-refractivity contribution < 1.29 is 14.2 Å². The number of benzene rings is 2. The molecular weight excluding hydrogens is 291 g/mol. The van der Waals surface area contributed by atoms with Crippen LogP contribution in [0.4, 0.5) is 4.39 Å². The van der Waals surface area contributed by atoms with E-state index in [2.05, 4.69) is 11.8 Å². The van der Waals surface area contributed by atoms with Gasteiger partial charge in [0, 0.05) is 12.0 Å². The summed E-state index contributed by atoms with van der Waals surface area (Å²) in [5, 5.41) is 8.69. The third kappa shape index (κ3) is 4.49. The van der Waals surface area contributed by atoms with Crippen LogP contribution >= 0.6 is 11.6 Å². The SMILES string of the molecule is OCCC#Cc1ccc(COc2cccc(Cl)c2F)cc1. The Kier molecular flexibility index (Phi) is 5.62. The second-order valence-corrected chi connectivity index (χ2v) is 4.72. The van der Waals surface area contributed by atoms with Gasteiger partial charge in [-0.1, -0.05) is 41.6 Å². The molecular formula is C17H14ClFO2. The van der Waals surface area contributed by atoms with Crippen LogP contribution in [0.1, 0.15) is 17.5 Å². The first-order valence-corrected chi connectivity index (χ1v) is 6.84. The molecule has 0 aliphatic carbocycles. The van der Waals surface area contributed by atoms with Crippen molar-refractivity contribution in [2.45, 2.75) is 13.0 Å². The molecule has 2 nitrogen and oxygen atoms in total. The lowest BCUT2D eigenvalue weighted by Crippen LogP contribution is -1.97. The van der Waals surface area contributed by atoms with Gasteiger partial charge in [-0.05, 0) is 29.8 Å². The van der Waals surface area contributed by atoms with Gasteiger partial charge in [0.2, 0.25) is 0 Å². The average molecular weight is 305 g/mol. The number of aliphatic hydroxyl groups is 1. The molecule has 2 aromatic rings. The van der Waals surface area contributed by atoms with Gasteiger partial charge < -0.3 is 9.84 Å². The first-order chi connectivity index (χ1) is 10.2. The smallest absolute Gasteiger partial charge is 0.183 e. The molecule has 0 amide bonds. The van der Waals surface area contributed by atoms with Gasteiger partial charge in [-0.3, -0.25) is 0 Å². The Hall–Kier alpha value is -2.02. The summed E-state index contributed by atoms with van der Waals surface area (Å²) < 4.78 is 19.1. The standard InChI is InChI=1S/C17H14ClFO2/c18-15-5-3-6-16(17(15)19)21-12-14-9-7-13(8-10-14)4-1-2-11-20/h3,5-10,20H,2,11-12H2. The second-order valence-electron chi connectivity index (χ2n) is 4.31. The zero-order valence-electron chi connectivity index (χ0n) is 11.3. The molecule has 0 aromatic heterocycles. The predicted molar refractivity (Wildman–Crippen MR) is 80.8 cm³/mol. The first-order valence-electron chi connectivity index (χ1n) is 6.46. The van der Waals surface area contributed by atoms with Crippen LogP contribution in [0.25, 0.3) is 0 Å². The van der Waals surface area contributed by atoms with Gasteiger partial charge in [0.05, 0.1) is 11.6 Å². The second kappa shape index (κ2) is 7.68. The molecule has 0 spiro atoms. The molecule has 0 heterocycles. The van der Waals surface area contributed by atoms with E-state index >= 15 is 0 Å². The first kappa shape index (κ1) is 15.4. The Labute approximate surface area is 128 Å². The van der Waals surface area contributed by atoms with E-state index in [9.17, 15) is 4.39 Å². The van der Waals surface area contributed by atoms with E-state index in [-0.39, 0.29) is 24.0 Å². The van der Waals surface area contributed by atoms with Crippen molar-refractivity contribution in [2.24, 2.45) is 0 Å². The van der Waals surface area contributed by atoms with Crippen LogP contribution in [-0.2, 0) is 6.61 Å². The van der Waals surface area contributed by atoms with E-state index in [1.807, 2.05) is 24.3 Å². The van der Waals surface area contributed by atoms with Crippen LogP contribution < -0.4 is 4.74 Å². The van der Waals surface area contributed by atoms with E-state index in [0.29, 0.717) is 6.42 Å². The van der Waals surface area contributed by atoms with Crippen LogP contribution in [0.2, 0.25) is 5.02 Å². The van der Waals surface area contributed by atoms with Crippen molar-refractivity contribution in [1.82, 2.24) is 0 Å². The Bertz CT molecular complexity index is 657. The van der Waals surface area contributed by atoms with Gasteiger partial charge in [0.25, 0.3) is 0 Å². The van der Waals surface area contributed by atoms with Gasteiger partial charge in [0.15, 0.2) is 11.6 Å². The number of aliphatic hydroxyl groups excluding tert-OH is 1. The van der Waals surface area contributed by atoms with Gasteiger partial charge in [-0.2, -0.15) is 0 Å². The molecule has 108 valence electrons. The van der Waals surface area contributed by atoms with Crippen LogP contribution in [0.3, 0.4) is 0 Å². The minimum Gasteiger partial charge on any atom is -0.486 e. The normalized spacial score (nSPS) is 9.86. The number of rotatable bonds is 4. The number of halogens is 2. The Morgan fingerprint density at radius 2 is 1.90 bits per heavy atom. The van der Waals surface area contributed by atoms with E-state index in [1.165, 1.54) is 12.1 Å². The van der Waals surface area contributed by atoms with E-state index in [4.69, 9.17) is 21.4 Å². The molecule has 0 radical (unpaired) electrons. The highest BCUT2D eigenvalue weighted by molar-refractivity contribution is 6.30. The minimum absolute atomic E-state index is 0.0435. The third-order valence-electron chi connectivity index (χ3n) is 2.73. The Morgan fingerprint density at radius 3 is 2.62 bits per heavy atom. The van der Waals surface area contributed by atoms with Crippen LogP contribution in [-0.4, -0.2) is 11.7 Å². The van der Waals surface area contributed by atoms with Gasteiger partial charge in [0.1, 0.15) is 6.61 Å². The minimum atomic E-state index is -0.550. The molecule has 0 saturated carbocycles. The summed E-state index contributed by atoms with van der Waals surface area (Å²) in [7, 11) is 0. The van der Waals surface area contributed by atoms with Crippen molar-refractivity contribution in [1.29, 1.82) is 0 Å². The van der Waals surface area contributed by atoms with Crippen molar-refractivity contribution in [3.63, 3.8) is 0 Å². The Balaban J connectivity index is 1.98. The summed E-state index contributed by atoms with van der Waals surface area (Å²) >= 11 is 5.69. The number of hydrogen-bond donors (Lipinski definition) is 1. The summed E-state index contributed by atoms with van der Waals surface area (Å²) in [4.78, 5) is 0. The summed E-state index contributed by atoms with van der Waals surface area (Å²) in [5.41, 5.74) is 1.77. The average Bonchev–Trinajstić information content (AvgIpc) is 2.50. The third-order valence-corrected chi connectivity index (χ3v) is 3.03. The number of ether oxygens (including phenoxy) is 1. The maximum absolute atomic E-state index is 13.6. The number of hydrogen-bond acceptors (Lipinski definition) is 2. The van der Waals surface area contributed by atoms with Crippen molar-refractivity contribution >= 4 is 11.6 Å². The quantitative estimate of drug-likeness (QED) is 0.871. The molecule has 0 saturated heterocycles. The topological polar surface area (TPSA) is 29.5 Å². The molecule has 0 bridgehead atoms. The van der Waals surface area contributed by atoms with Crippen molar-refractivity contribution in [2.75, 3.05) is 6.61 Å². The fraction of sp³-hybridized carbons (Fsp3) is 0.176. The van der Waals surface area contributed by atoms with Crippen LogP contribution in [0, 0.1) is 17.7 Å². The summed E-state index contributed by atoms with van der Waals surface area (Å²) in [5.74, 6) is 5.37. The van der Waals surface area contributed by atoms with Gasteiger partial charge in [-0.15, -0.1) is 0 Å². The summed E-state index contributed by atoms with van der Waals surface area (Å²) in [6, 6.07) is 12.1. The highest BCUT2D eigenvalue weighted by atomic mass is 35.5. The van der Waals surface area contributed by atoms with Crippen LogP contribution in [0.15, 0.2) is 42.5 Å². The fourth-order valence-corrected chi connectivity index (χ4v) is 1.83. The Morgan fingerprint density at radius 1 is 1.14 bits per heavy atom. The molecule has 0 fully saturated rings. The predicted octanol–water partition coefficient (Wildman–Crippen LogP) is 3.79. The van der Waals surface area contributed by atoms with Crippen LogP contribution in [0.5, 0.6) is 5.75 Å². The van der Waals surface area contributed by atoms with E-state index in [0.717, 1.165) is 11.1 Å². The monoisotopic (exact) mass is 304 g/mol. The van der Waals surface area contributed by atoms with Gasteiger partial charge >= 0.3 is 0 Å². The summed E-state index contributed by atoms with van der Waals surface area (Å²) in [6.07, 6.45) is 0.457. The molecule has 21 heavy (non-hydrogen) atoms. The highest BCUT2D eigenvalue weighted by Crippen LogP contribution is 2.24. The lowest BCUT2D eigenvalue weighted by Gasteiger charge is -2.08. The molecule has 0 aliphatic rings. The van der Waals surface area contributed by atoms with E-state index in [1.54, 1.807) is 6.07 Å². The lowest BCUT2D eigenvalue weighted by atomic mass is 10.1. The van der Waals surface area contributed by atoms with Crippen molar-refractivity contribution in [3.8, 4) is 17.6 Å². The maximum atomic E-state index is 13.6. The molecule has 0 atom stereocenters. The van der Waals surface area contributed by atoms with Crippen molar-refractivity contribution in [3.05, 3.63) is 64.4 Å². The molecule has 2 aromatic carbocycles. The van der Waals surface area contributed by atoms with E-state index < -0.39 is 5.82 Å². The summed E-state index contributed by atoms with van der Waals surface area (Å²) in [6.45, 7) is 0.311. The molecule has 0 aliphatic heterocycles. The zero-order valence-corrected chi connectivity index (χ0v) is 12.0. The molecule has 2 rings (SSSR count). The zero-order chi connectivity index (χ0) is 15.1. The maximum Gasteiger partial charge on any atom is 0.183 e. The lowest BCUT2D eigenvalue weighted by molar-refractivity contribution is 0.290. The molecule has 4 heteroatoms. The molecule has 0 unspecified atom stereocenters. The highest BCUT2D eigenvalue weighted by Gasteiger charge is 2.07. The molecule has 1 N–H and O–H groups in total. The van der Waals surface area contributed by atoms with Gasteiger partial charge in [-0.25, -0.2) is 4.39 Å². The fourth-order valence-electron chi connectivity index (χ4n) is 1.66. The largest absolute Gasteiger partial charge is 0.486 e.